The Labute approximate surface area is 322 Å². The summed E-state index contributed by atoms with van der Waals surface area (Å²) in [6, 6.07) is 0. The van der Waals surface area contributed by atoms with E-state index in [1.54, 1.807) is 0 Å². The van der Waals surface area contributed by atoms with Gasteiger partial charge in [0, 0.05) is 50.7 Å². The van der Waals surface area contributed by atoms with Crippen molar-refractivity contribution in [2.75, 3.05) is 41.7 Å². The molecule has 3 fully saturated rings. The number of hydrogen-bond acceptors (Lipinski definition) is 20. The lowest BCUT2D eigenvalue weighted by atomic mass is 9.81. The van der Waals surface area contributed by atoms with Crippen molar-refractivity contribution in [3.63, 3.8) is 0 Å². The molecule has 0 aromatic carbocycles. The number of carbonyl (C=O) groups excluding carboxylic acids is 2. The van der Waals surface area contributed by atoms with E-state index in [4.69, 9.17) is 56.8 Å². The minimum Gasteiger partial charge on any atom is -0.471 e. The predicted molar refractivity (Wildman–Crippen MR) is 183 cm³/mol. The Morgan fingerprint density at radius 2 is 1.29 bits per heavy atom. The van der Waals surface area contributed by atoms with Gasteiger partial charge in [-0.15, -0.1) is 13.2 Å². The summed E-state index contributed by atoms with van der Waals surface area (Å²) in [7, 11) is 5.30. The molecule has 0 amide bonds. The number of aliphatic hydroxyl groups excluding tert-OH is 6. The quantitative estimate of drug-likeness (QED) is 0.0598. The lowest BCUT2D eigenvalue weighted by Crippen LogP contribution is -2.64. The van der Waals surface area contributed by atoms with Gasteiger partial charge in [-0.1, -0.05) is 12.2 Å². The number of ether oxygens (including phenoxy) is 12. The Kier molecular flexibility index (Phi) is 15.4. The molecule has 6 N–H and O–H groups in total. The average Bonchev–Trinajstić information content (AvgIpc) is 3.21. The van der Waals surface area contributed by atoms with Gasteiger partial charge < -0.3 is 87.5 Å². The zero-order valence-corrected chi connectivity index (χ0v) is 31.3. The fourth-order valence-electron chi connectivity index (χ4n) is 7.44. The first-order chi connectivity index (χ1) is 26.8. The van der Waals surface area contributed by atoms with Crippen LogP contribution in [0.3, 0.4) is 0 Å². The highest BCUT2D eigenvalue weighted by Gasteiger charge is 2.53. The second kappa shape index (κ2) is 19.6. The Hall–Kier alpha value is -3.06. The molecule has 316 valence electrons. The minimum absolute atomic E-state index is 0.0450. The van der Waals surface area contributed by atoms with Crippen LogP contribution in [0.15, 0.2) is 49.0 Å². The number of hydrogen-bond donors (Lipinski definition) is 6. The van der Waals surface area contributed by atoms with Crippen LogP contribution < -0.4 is 0 Å². The van der Waals surface area contributed by atoms with E-state index >= 15 is 0 Å². The molecule has 5 aliphatic rings. The molecule has 0 aromatic rings. The van der Waals surface area contributed by atoms with Crippen LogP contribution >= 0.6 is 0 Å². The maximum atomic E-state index is 12.9. The van der Waals surface area contributed by atoms with Gasteiger partial charge in [-0.2, -0.15) is 0 Å². The van der Waals surface area contributed by atoms with Crippen LogP contribution in [-0.4, -0.2) is 171 Å². The molecule has 3 saturated heterocycles. The normalized spacial score (nSPS) is 41.2. The van der Waals surface area contributed by atoms with Crippen molar-refractivity contribution in [1.29, 1.82) is 0 Å². The summed E-state index contributed by atoms with van der Waals surface area (Å²) in [6.45, 7) is 6.89. The first kappa shape index (κ1) is 44.1. The fourth-order valence-corrected chi connectivity index (χ4v) is 7.44. The Morgan fingerprint density at radius 1 is 0.750 bits per heavy atom. The zero-order chi connectivity index (χ0) is 40.8. The summed E-state index contributed by atoms with van der Waals surface area (Å²) in [5.74, 6) is -4.40. The van der Waals surface area contributed by atoms with E-state index in [0.29, 0.717) is 0 Å². The van der Waals surface area contributed by atoms with Gasteiger partial charge in [-0.05, 0) is 0 Å². The van der Waals surface area contributed by atoms with Gasteiger partial charge in [-0.3, -0.25) is 0 Å². The summed E-state index contributed by atoms with van der Waals surface area (Å²) in [5.41, 5.74) is 0.227. The molecule has 20 nitrogen and oxygen atoms in total. The standard InChI is InChI=1S/C36H52O20/c1-7-15-17(9-23(45-3)46-4)19(31(43)47-5)12-50-33(15)56-36-29(42)27(40)30-22(53-36)14-49-24(54-30)10-18-16(8-2)34(51-13-20(18)32(44)48-6)55-35-28(41)26(39)25(38)21(11-37)52-35/h7-8,12-13,15-18,21-30,33-42H,1-2,9-11,14H2,3-6H3/t15-,16-,17+,18+,21-,22-,24-,25+,26-,27+,28-,29-,30+,33+,34?,35+,36+/m1/s1. The van der Waals surface area contributed by atoms with Gasteiger partial charge in [0.15, 0.2) is 25.2 Å². The van der Waals surface area contributed by atoms with Crippen molar-refractivity contribution in [1.82, 2.24) is 0 Å². The zero-order valence-electron chi connectivity index (χ0n) is 31.3. The molecule has 0 saturated carbocycles. The number of fused-ring (bicyclic) bond motifs is 1. The molecule has 20 heteroatoms. The largest absolute Gasteiger partial charge is 0.471 e. The van der Waals surface area contributed by atoms with Crippen LogP contribution in [0, 0.1) is 23.7 Å². The molecular weight excluding hydrogens is 752 g/mol. The highest BCUT2D eigenvalue weighted by Crippen LogP contribution is 2.42. The second-order valence-corrected chi connectivity index (χ2v) is 13.7. The topological polar surface area (TPSA) is 266 Å². The van der Waals surface area contributed by atoms with Crippen LogP contribution in [0.5, 0.6) is 0 Å². The number of methoxy groups -OCH3 is 4. The summed E-state index contributed by atoms with van der Waals surface area (Å²) in [6.07, 6.45) is -13.5. The molecule has 56 heavy (non-hydrogen) atoms. The van der Waals surface area contributed by atoms with Crippen molar-refractivity contribution in [2.45, 2.75) is 99.4 Å². The fraction of sp³-hybridized carbons (Fsp3) is 0.722. The van der Waals surface area contributed by atoms with E-state index in [9.17, 15) is 40.2 Å². The lowest BCUT2D eigenvalue weighted by molar-refractivity contribution is -0.380. The van der Waals surface area contributed by atoms with Crippen molar-refractivity contribution >= 4 is 11.9 Å². The Balaban J connectivity index is 1.27. The first-order valence-corrected chi connectivity index (χ1v) is 17.9. The maximum absolute atomic E-state index is 12.9. The van der Waals surface area contributed by atoms with E-state index in [2.05, 4.69) is 13.2 Å². The van der Waals surface area contributed by atoms with E-state index in [0.717, 1.165) is 6.26 Å². The van der Waals surface area contributed by atoms with Gasteiger partial charge >= 0.3 is 11.9 Å². The smallest absolute Gasteiger partial charge is 0.337 e. The van der Waals surface area contributed by atoms with E-state index in [1.807, 2.05) is 0 Å². The van der Waals surface area contributed by atoms with Crippen molar-refractivity contribution in [3.05, 3.63) is 49.0 Å². The SMILES string of the molecule is C=C[C@H]1[C@H](O[C@@H]2O[C@@H]3CO[C@@H](C[C@@H]4C(C(=O)OC)=COC(O[C@@H]5O[C@H](CO)[C@H](O)[C@@H](O)[C@H]5O)[C@@H]4C=C)O[C@@H]3[C@@H](O)[C@H]2O)OC=C(C(=O)OC)[C@H]1CC(OC)OC. The van der Waals surface area contributed by atoms with Crippen LogP contribution in [0.1, 0.15) is 12.8 Å². The van der Waals surface area contributed by atoms with Crippen molar-refractivity contribution < 1.29 is 97.1 Å². The Bertz CT molecular complexity index is 1410. The molecule has 0 aromatic heterocycles. The second-order valence-electron chi connectivity index (χ2n) is 13.7. The van der Waals surface area contributed by atoms with Gasteiger partial charge in [0.05, 0.1) is 51.1 Å². The summed E-state index contributed by atoms with van der Waals surface area (Å²) < 4.78 is 67.6. The third kappa shape index (κ3) is 9.13. The van der Waals surface area contributed by atoms with E-state index < -0.39 is 129 Å². The molecular formula is C36H52O20. The molecule has 0 bridgehead atoms. The van der Waals surface area contributed by atoms with Crippen molar-refractivity contribution in [2.24, 2.45) is 23.7 Å². The van der Waals surface area contributed by atoms with Gasteiger partial charge in [-0.25, -0.2) is 9.59 Å². The maximum Gasteiger partial charge on any atom is 0.337 e. The number of carbonyl (C=O) groups is 2. The molecule has 0 aliphatic carbocycles. The Morgan fingerprint density at radius 3 is 1.82 bits per heavy atom. The van der Waals surface area contributed by atoms with Gasteiger partial charge in [0.1, 0.15) is 48.8 Å². The summed E-state index contributed by atoms with van der Waals surface area (Å²) in [5, 5.41) is 63.1. The van der Waals surface area contributed by atoms with Crippen LogP contribution in [0.2, 0.25) is 0 Å². The number of esters is 2. The third-order valence-electron chi connectivity index (χ3n) is 10.6. The lowest BCUT2D eigenvalue weighted by Gasteiger charge is -2.48. The molecule has 0 spiro atoms. The van der Waals surface area contributed by atoms with E-state index in [-0.39, 0.29) is 30.6 Å². The molecule has 5 heterocycles. The number of rotatable bonds is 15. The van der Waals surface area contributed by atoms with E-state index in [1.165, 1.54) is 46.9 Å². The van der Waals surface area contributed by atoms with Crippen LogP contribution in [-0.2, 0) is 66.4 Å². The molecule has 5 aliphatic heterocycles. The average molecular weight is 805 g/mol. The first-order valence-electron chi connectivity index (χ1n) is 17.9. The number of aliphatic hydroxyl groups is 6. The molecule has 0 radical (unpaired) electrons. The highest BCUT2D eigenvalue weighted by atomic mass is 16.8. The predicted octanol–water partition coefficient (Wildman–Crippen LogP) is -1.93. The minimum atomic E-state index is -1.73. The van der Waals surface area contributed by atoms with Gasteiger partial charge in [0.25, 0.3) is 0 Å². The summed E-state index contributed by atoms with van der Waals surface area (Å²) >= 11 is 0. The molecule has 17 atom stereocenters. The van der Waals surface area contributed by atoms with Crippen LogP contribution in [0.25, 0.3) is 0 Å². The monoisotopic (exact) mass is 804 g/mol. The van der Waals surface area contributed by atoms with Gasteiger partial charge in [0.2, 0.25) is 12.6 Å². The van der Waals surface area contributed by atoms with Crippen LogP contribution in [0.4, 0.5) is 0 Å². The third-order valence-corrected chi connectivity index (χ3v) is 10.6. The summed E-state index contributed by atoms with van der Waals surface area (Å²) in [4.78, 5) is 25.5. The molecule has 5 rings (SSSR count). The highest BCUT2D eigenvalue weighted by molar-refractivity contribution is 5.89. The van der Waals surface area contributed by atoms with Crippen molar-refractivity contribution in [3.8, 4) is 0 Å². The molecule has 1 unspecified atom stereocenters.